The topological polar surface area (TPSA) is 107 Å². The van der Waals surface area contributed by atoms with E-state index >= 15 is 0 Å². The number of carbonyl (C=O) groups is 2. The van der Waals surface area contributed by atoms with Crippen molar-refractivity contribution >= 4 is 44.6 Å². The Morgan fingerprint density at radius 2 is 1.82 bits per heavy atom. The molecule has 0 spiro atoms. The van der Waals surface area contributed by atoms with E-state index in [2.05, 4.69) is 4.74 Å². The molecule has 7 nitrogen and oxygen atoms in total. The van der Waals surface area contributed by atoms with Gasteiger partial charge in [-0.3, -0.25) is 14.1 Å². The molecule has 3 unspecified atom stereocenters. The quantitative estimate of drug-likeness (QED) is 0.231. The van der Waals surface area contributed by atoms with Crippen molar-refractivity contribution in [2.75, 3.05) is 6.61 Å². The number of esters is 2. The molecule has 160 valence electrons. The molecule has 4 aliphatic carbocycles. The van der Waals surface area contributed by atoms with Crippen molar-refractivity contribution in [2.24, 2.45) is 17.3 Å². The third kappa shape index (κ3) is 4.03. The van der Waals surface area contributed by atoms with Crippen LogP contribution in [-0.2, 0) is 29.2 Å². The molecule has 0 saturated heterocycles. The summed E-state index contributed by atoms with van der Waals surface area (Å²) < 4.78 is 67.2. The average molecular weight is 536 g/mol. The summed E-state index contributed by atoms with van der Waals surface area (Å²) in [5, 5.41) is -4.56. The highest BCUT2D eigenvalue weighted by molar-refractivity contribution is 14.1. The van der Waals surface area contributed by atoms with Gasteiger partial charge in [-0.05, 0) is 50.4 Å². The molecule has 0 aliphatic heterocycles. The summed E-state index contributed by atoms with van der Waals surface area (Å²) in [6, 6.07) is 0. The number of halogens is 3. The number of ether oxygens (including phenoxy) is 2. The second kappa shape index (κ2) is 7.29. The van der Waals surface area contributed by atoms with Crippen LogP contribution in [0.25, 0.3) is 0 Å². The Bertz CT molecular complexity index is 755. The zero-order chi connectivity index (χ0) is 21.0. The largest absolute Gasteiger partial charge is 0.458 e. The van der Waals surface area contributed by atoms with Crippen LogP contribution in [0.1, 0.15) is 51.9 Å². The molecule has 4 fully saturated rings. The van der Waals surface area contributed by atoms with Gasteiger partial charge in [0.1, 0.15) is 9.53 Å². The Morgan fingerprint density at radius 3 is 2.32 bits per heavy atom. The zero-order valence-corrected chi connectivity index (χ0v) is 18.3. The Kier molecular flexibility index (Phi) is 5.76. The van der Waals surface area contributed by atoms with Crippen LogP contribution in [0.15, 0.2) is 0 Å². The number of carbonyl (C=O) groups excluding carboxylic acids is 2. The maximum absolute atomic E-state index is 13.5. The number of rotatable bonds is 7. The first-order valence-corrected chi connectivity index (χ1v) is 11.9. The standard InChI is InChI=1S/C17H23F2IO7S/c1-2-12(20)13(21)27-16-6-10-3-11(7-16)5-15(4-10,8-16)14(22)26-9-17(18,19)28(23,24)25/h10-12H,2-9H2,1H3,(H,23,24,25). The van der Waals surface area contributed by atoms with Gasteiger partial charge < -0.3 is 9.47 Å². The third-order valence-electron chi connectivity index (χ3n) is 6.12. The predicted molar refractivity (Wildman–Crippen MR) is 101 cm³/mol. The zero-order valence-electron chi connectivity index (χ0n) is 15.3. The Labute approximate surface area is 175 Å². The summed E-state index contributed by atoms with van der Waals surface area (Å²) in [5.74, 6) is -1.01. The van der Waals surface area contributed by atoms with E-state index in [0.717, 1.165) is 6.42 Å². The molecular formula is C17H23F2IO7S. The molecule has 0 heterocycles. The second-order valence-electron chi connectivity index (χ2n) is 8.41. The first-order valence-electron chi connectivity index (χ1n) is 9.20. The van der Waals surface area contributed by atoms with E-state index in [9.17, 15) is 26.8 Å². The van der Waals surface area contributed by atoms with Gasteiger partial charge >= 0.3 is 27.3 Å². The smallest absolute Gasteiger partial charge is 0.402 e. The minimum atomic E-state index is -5.68. The summed E-state index contributed by atoms with van der Waals surface area (Å²) in [4.78, 5) is 25.1. The SMILES string of the molecule is CCC(I)C(=O)OC12CC3CC(C1)CC(C(=O)OCC(F)(F)S(=O)(=O)O)(C3)C2. The lowest BCUT2D eigenvalue weighted by atomic mass is 9.48. The van der Waals surface area contributed by atoms with Crippen LogP contribution in [0.4, 0.5) is 8.78 Å². The molecule has 11 heteroatoms. The predicted octanol–water partition coefficient (Wildman–Crippen LogP) is 3.11. The number of hydrogen-bond donors (Lipinski definition) is 1. The molecule has 4 bridgehead atoms. The fourth-order valence-corrected chi connectivity index (χ4v) is 5.69. The molecule has 0 amide bonds. The van der Waals surface area contributed by atoms with Crippen molar-refractivity contribution in [3.05, 3.63) is 0 Å². The van der Waals surface area contributed by atoms with Crippen LogP contribution in [-0.4, -0.2) is 46.3 Å². The molecule has 3 atom stereocenters. The minimum absolute atomic E-state index is 0.123. The van der Waals surface area contributed by atoms with Gasteiger partial charge in [0.2, 0.25) is 0 Å². The molecule has 4 aliphatic rings. The van der Waals surface area contributed by atoms with Crippen LogP contribution in [0.3, 0.4) is 0 Å². The first-order chi connectivity index (χ1) is 12.8. The van der Waals surface area contributed by atoms with Gasteiger partial charge in [-0.25, -0.2) is 0 Å². The molecule has 28 heavy (non-hydrogen) atoms. The fraction of sp³-hybridized carbons (Fsp3) is 0.882. The lowest BCUT2D eigenvalue weighted by molar-refractivity contribution is -0.214. The highest BCUT2D eigenvalue weighted by atomic mass is 127. The van der Waals surface area contributed by atoms with Gasteiger partial charge in [-0.1, -0.05) is 29.5 Å². The third-order valence-corrected chi connectivity index (χ3v) is 8.38. The van der Waals surface area contributed by atoms with Crippen LogP contribution in [0, 0.1) is 17.3 Å². The highest BCUT2D eigenvalue weighted by Gasteiger charge is 2.63. The van der Waals surface area contributed by atoms with Crippen LogP contribution in [0.2, 0.25) is 0 Å². The van der Waals surface area contributed by atoms with Gasteiger partial charge in [0.05, 0.1) is 5.41 Å². The van der Waals surface area contributed by atoms with Gasteiger partial charge in [-0.2, -0.15) is 17.2 Å². The summed E-state index contributed by atoms with van der Waals surface area (Å²) in [6.45, 7) is 0.131. The Balaban J connectivity index is 1.76. The van der Waals surface area contributed by atoms with Gasteiger partial charge in [-0.15, -0.1) is 0 Å². The molecule has 0 aromatic rings. The molecule has 0 aromatic heterocycles. The van der Waals surface area contributed by atoms with E-state index < -0.39 is 39.0 Å². The minimum Gasteiger partial charge on any atom is -0.458 e. The molecule has 0 aromatic carbocycles. The van der Waals surface area contributed by atoms with Gasteiger partial charge in [0.25, 0.3) is 0 Å². The molecular weight excluding hydrogens is 513 g/mol. The normalized spacial score (nSPS) is 35.5. The van der Waals surface area contributed by atoms with Crippen molar-refractivity contribution < 1.29 is 40.8 Å². The Hall–Kier alpha value is -0.560. The van der Waals surface area contributed by atoms with E-state index in [1.165, 1.54) is 0 Å². The van der Waals surface area contributed by atoms with E-state index in [1.807, 2.05) is 29.5 Å². The average Bonchev–Trinajstić information content (AvgIpc) is 2.56. The van der Waals surface area contributed by atoms with Gasteiger partial charge in [0, 0.05) is 6.42 Å². The summed E-state index contributed by atoms with van der Waals surface area (Å²) in [7, 11) is -5.68. The van der Waals surface area contributed by atoms with Crippen molar-refractivity contribution in [3.8, 4) is 0 Å². The van der Waals surface area contributed by atoms with E-state index in [0.29, 0.717) is 32.1 Å². The van der Waals surface area contributed by atoms with Crippen LogP contribution in [0.5, 0.6) is 0 Å². The van der Waals surface area contributed by atoms with E-state index in [-0.39, 0.29) is 28.2 Å². The molecule has 0 radical (unpaired) electrons. The molecule has 1 N–H and O–H groups in total. The summed E-state index contributed by atoms with van der Waals surface area (Å²) >= 11 is 2.01. The van der Waals surface area contributed by atoms with E-state index in [1.54, 1.807) is 0 Å². The van der Waals surface area contributed by atoms with Crippen LogP contribution < -0.4 is 0 Å². The highest BCUT2D eigenvalue weighted by Crippen LogP contribution is 2.63. The molecule has 4 rings (SSSR count). The van der Waals surface area contributed by atoms with Crippen molar-refractivity contribution in [1.29, 1.82) is 0 Å². The lowest BCUT2D eigenvalue weighted by Gasteiger charge is -2.59. The number of alkyl halides is 3. The first kappa shape index (κ1) is 22.1. The van der Waals surface area contributed by atoms with Crippen molar-refractivity contribution in [2.45, 2.75) is 66.6 Å². The van der Waals surface area contributed by atoms with Crippen molar-refractivity contribution in [1.82, 2.24) is 0 Å². The van der Waals surface area contributed by atoms with Gasteiger partial charge in [0.15, 0.2) is 6.61 Å². The fourth-order valence-electron chi connectivity index (χ4n) is 5.36. The summed E-state index contributed by atoms with van der Waals surface area (Å²) in [5.41, 5.74) is -1.86. The lowest BCUT2D eigenvalue weighted by Crippen LogP contribution is -2.60. The monoisotopic (exact) mass is 536 g/mol. The maximum atomic E-state index is 13.5. The second-order valence-corrected chi connectivity index (χ2v) is 11.5. The van der Waals surface area contributed by atoms with E-state index in [4.69, 9.17) is 9.29 Å². The van der Waals surface area contributed by atoms with Crippen molar-refractivity contribution in [3.63, 3.8) is 0 Å². The number of hydrogen-bond acceptors (Lipinski definition) is 6. The Morgan fingerprint density at radius 1 is 1.25 bits per heavy atom. The summed E-state index contributed by atoms with van der Waals surface area (Å²) in [6.07, 6.45) is 3.86. The molecule has 4 saturated carbocycles. The maximum Gasteiger partial charge on any atom is 0.402 e. The van der Waals surface area contributed by atoms with Crippen LogP contribution >= 0.6 is 22.6 Å².